The predicted octanol–water partition coefficient (Wildman–Crippen LogP) is 2.36. The van der Waals surface area contributed by atoms with E-state index < -0.39 is 0 Å². The summed E-state index contributed by atoms with van der Waals surface area (Å²) in [5.74, 6) is 1.65. The second-order valence-electron chi connectivity index (χ2n) is 6.37. The van der Waals surface area contributed by atoms with Gasteiger partial charge in [0.1, 0.15) is 0 Å². The summed E-state index contributed by atoms with van der Waals surface area (Å²) in [6.45, 7) is 5.26. The molecule has 1 saturated carbocycles. The van der Waals surface area contributed by atoms with E-state index >= 15 is 0 Å². The van der Waals surface area contributed by atoms with Crippen molar-refractivity contribution in [1.29, 1.82) is 0 Å². The minimum absolute atomic E-state index is 0.00168. The van der Waals surface area contributed by atoms with Crippen molar-refractivity contribution in [3.63, 3.8) is 0 Å². The summed E-state index contributed by atoms with van der Waals surface area (Å²) >= 11 is 1.48. The average Bonchev–Trinajstić information content (AvgIpc) is 3.42. The molecular weight excluding hydrogens is 364 g/mol. The SMILES string of the molecule is CCN(CC)C(=O)c1ccc(NC(=O)CSCc2nnnn2C2CC2)cc1. The molecule has 2 aromatic rings. The zero-order valence-electron chi connectivity index (χ0n) is 15.6. The lowest BCUT2D eigenvalue weighted by Crippen LogP contribution is -2.30. The number of anilines is 1. The van der Waals surface area contributed by atoms with Crippen LogP contribution in [0.15, 0.2) is 24.3 Å². The molecule has 1 aliphatic carbocycles. The van der Waals surface area contributed by atoms with Gasteiger partial charge in [-0.15, -0.1) is 16.9 Å². The molecule has 1 N–H and O–H groups in total. The summed E-state index contributed by atoms with van der Waals surface area (Å²) in [6.07, 6.45) is 2.24. The zero-order chi connectivity index (χ0) is 19.2. The first-order valence-electron chi connectivity index (χ1n) is 9.16. The Morgan fingerprint density at radius 1 is 1.22 bits per heavy atom. The van der Waals surface area contributed by atoms with E-state index in [1.54, 1.807) is 29.2 Å². The number of carbonyl (C=O) groups is 2. The summed E-state index contributed by atoms with van der Waals surface area (Å²) in [4.78, 5) is 26.2. The molecule has 3 rings (SSSR count). The number of hydrogen-bond acceptors (Lipinski definition) is 6. The molecule has 9 heteroatoms. The minimum atomic E-state index is -0.0896. The Balaban J connectivity index is 1.46. The van der Waals surface area contributed by atoms with Gasteiger partial charge in [0.25, 0.3) is 5.91 Å². The molecule has 0 atom stereocenters. The van der Waals surface area contributed by atoms with Crippen molar-refractivity contribution in [3.8, 4) is 0 Å². The lowest BCUT2D eigenvalue weighted by molar-refractivity contribution is -0.113. The Bertz CT molecular complexity index is 783. The van der Waals surface area contributed by atoms with E-state index in [2.05, 4.69) is 20.8 Å². The van der Waals surface area contributed by atoms with E-state index in [1.807, 2.05) is 18.5 Å². The van der Waals surface area contributed by atoms with Crippen LogP contribution < -0.4 is 5.32 Å². The number of carbonyl (C=O) groups excluding carboxylic acids is 2. The molecule has 1 heterocycles. The third-order valence-corrected chi connectivity index (χ3v) is 5.31. The third-order valence-electron chi connectivity index (χ3n) is 4.38. The van der Waals surface area contributed by atoms with Crippen molar-refractivity contribution in [2.75, 3.05) is 24.2 Å². The highest BCUT2D eigenvalue weighted by Gasteiger charge is 2.27. The highest BCUT2D eigenvalue weighted by Crippen LogP contribution is 2.34. The van der Waals surface area contributed by atoms with Gasteiger partial charge in [-0.1, -0.05) is 0 Å². The normalized spacial score (nSPS) is 13.4. The Morgan fingerprint density at radius 3 is 2.56 bits per heavy atom. The molecule has 1 aromatic carbocycles. The molecule has 0 radical (unpaired) electrons. The summed E-state index contributed by atoms with van der Waals surface area (Å²) in [5.41, 5.74) is 1.30. The molecule has 0 unspecified atom stereocenters. The molecule has 0 aliphatic heterocycles. The Labute approximate surface area is 162 Å². The summed E-state index contributed by atoms with van der Waals surface area (Å²) in [5, 5.41) is 14.6. The second kappa shape index (κ2) is 8.98. The number of amides is 2. The minimum Gasteiger partial charge on any atom is -0.339 e. The largest absolute Gasteiger partial charge is 0.339 e. The lowest BCUT2D eigenvalue weighted by Gasteiger charge is -2.18. The van der Waals surface area contributed by atoms with Crippen LogP contribution in [0.5, 0.6) is 0 Å². The van der Waals surface area contributed by atoms with Gasteiger partial charge in [-0.3, -0.25) is 9.59 Å². The molecule has 8 nitrogen and oxygen atoms in total. The van der Waals surface area contributed by atoms with Crippen LogP contribution in [0.3, 0.4) is 0 Å². The highest BCUT2D eigenvalue weighted by molar-refractivity contribution is 7.99. The molecular formula is C18H24N6O2S. The fourth-order valence-electron chi connectivity index (χ4n) is 2.73. The molecule has 144 valence electrons. The quantitative estimate of drug-likeness (QED) is 0.709. The number of tetrazole rings is 1. The summed E-state index contributed by atoms with van der Waals surface area (Å²) in [7, 11) is 0. The maximum absolute atomic E-state index is 12.3. The first kappa shape index (κ1) is 19.3. The predicted molar refractivity (Wildman–Crippen MR) is 105 cm³/mol. The van der Waals surface area contributed by atoms with E-state index in [-0.39, 0.29) is 11.8 Å². The summed E-state index contributed by atoms with van der Waals surface area (Å²) in [6, 6.07) is 7.43. The van der Waals surface area contributed by atoms with Crippen LogP contribution in [-0.4, -0.2) is 55.8 Å². The van der Waals surface area contributed by atoms with Gasteiger partial charge in [0.05, 0.1) is 17.5 Å². The first-order valence-corrected chi connectivity index (χ1v) is 10.3. The molecule has 27 heavy (non-hydrogen) atoms. The maximum Gasteiger partial charge on any atom is 0.253 e. The topological polar surface area (TPSA) is 93.0 Å². The van der Waals surface area contributed by atoms with Gasteiger partial charge < -0.3 is 10.2 Å². The van der Waals surface area contributed by atoms with Crippen LogP contribution in [0.1, 0.15) is 48.9 Å². The fourth-order valence-corrected chi connectivity index (χ4v) is 3.46. The number of aromatic nitrogens is 4. The third kappa shape index (κ3) is 5.06. The smallest absolute Gasteiger partial charge is 0.253 e. The molecule has 2 amide bonds. The van der Waals surface area contributed by atoms with Gasteiger partial charge in [-0.05, 0) is 61.4 Å². The van der Waals surface area contributed by atoms with Crippen LogP contribution in [0, 0.1) is 0 Å². The highest BCUT2D eigenvalue weighted by atomic mass is 32.2. The number of benzene rings is 1. The van der Waals surface area contributed by atoms with E-state index in [1.165, 1.54) is 11.8 Å². The monoisotopic (exact) mass is 388 g/mol. The van der Waals surface area contributed by atoms with E-state index in [9.17, 15) is 9.59 Å². The number of nitrogens with zero attached hydrogens (tertiary/aromatic N) is 5. The number of rotatable bonds is 9. The van der Waals surface area contributed by atoms with Crippen molar-refractivity contribution in [3.05, 3.63) is 35.7 Å². The Kier molecular flexibility index (Phi) is 6.44. The molecule has 0 spiro atoms. The summed E-state index contributed by atoms with van der Waals surface area (Å²) < 4.78 is 1.86. The number of hydrogen-bond donors (Lipinski definition) is 1. The molecule has 0 bridgehead atoms. The van der Waals surface area contributed by atoms with Crippen LogP contribution in [-0.2, 0) is 10.5 Å². The van der Waals surface area contributed by atoms with E-state index in [4.69, 9.17) is 0 Å². The van der Waals surface area contributed by atoms with Crippen LogP contribution in [0.25, 0.3) is 0 Å². The van der Waals surface area contributed by atoms with E-state index in [0.29, 0.717) is 41.9 Å². The van der Waals surface area contributed by atoms with Gasteiger partial charge in [-0.2, -0.15) is 0 Å². The Hall–Kier alpha value is -2.42. The molecule has 1 aliphatic rings. The first-order chi connectivity index (χ1) is 13.1. The standard InChI is InChI=1S/C18H24N6O2S/c1-3-23(4-2)18(26)13-5-7-14(8-6-13)19-17(25)12-27-11-16-20-21-22-24(16)15-9-10-15/h5-8,15H,3-4,9-12H2,1-2H3,(H,19,25). The van der Waals surface area contributed by atoms with Crippen molar-refractivity contribution in [1.82, 2.24) is 25.1 Å². The van der Waals surface area contributed by atoms with Crippen molar-refractivity contribution >= 4 is 29.3 Å². The van der Waals surface area contributed by atoms with Crippen molar-refractivity contribution in [2.45, 2.75) is 38.5 Å². The van der Waals surface area contributed by atoms with Crippen molar-refractivity contribution < 1.29 is 9.59 Å². The van der Waals surface area contributed by atoms with Crippen LogP contribution >= 0.6 is 11.8 Å². The van der Waals surface area contributed by atoms with Crippen LogP contribution in [0.2, 0.25) is 0 Å². The number of thioether (sulfide) groups is 1. The van der Waals surface area contributed by atoms with E-state index in [0.717, 1.165) is 18.7 Å². The van der Waals surface area contributed by atoms with Gasteiger partial charge in [0, 0.05) is 24.3 Å². The molecule has 1 fully saturated rings. The van der Waals surface area contributed by atoms with Gasteiger partial charge in [0.15, 0.2) is 5.82 Å². The maximum atomic E-state index is 12.3. The fraction of sp³-hybridized carbons (Fsp3) is 0.500. The van der Waals surface area contributed by atoms with Gasteiger partial charge in [0.2, 0.25) is 5.91 Å². The van der Waals surface area contributed by atoms with Gasteiger partial charge in [-0.25, -0.2) is 4.68 Å². The Morgan fingerprint density at radius 2 is 1.93 bits per heavy atom. The second-order valence-corrected chi connectivity index (χ2v) is 7.35. The van der Waals surface area contributed by atoms with Gasteiger partial charge >= 0.3 is 0 Å². The number of nitrogens with one attached hydrogen (secondary N) is 1. The molecule has 0 saturated heterocycles. The average molecular weight is 388 g/mol. The van der Waals surface area contributed by atoms with Crippen LogP contribution in [0.4, 0.5) is 5.69 Å². The molecule has 1 aromatic heterocycles. The zero-order valence-corrected chi connectivity index (χ0v) is 16.4. The lowest BCUT2D eigenvalue weighted by atomic mass is 10.2. The van der Waals surface area contributed by atoms with Crippen molar-refractivity contribution in [2.24, 2.45) is 0 Å².